The number of allylic oxidation sites excluding steroid dienone is 1. The lowest BCUT2D eigenvalue weighted by molar-refractivity contribution is -0.141. The molecule has 3 saturated carbocycles. The Bertz CT molecular complexity index is 2370. The van der Waals surface area contributed by atoms with Crippen molar-refractivity contribution in [1.29, 1.82) is 0 Å². The van der Waals surface area contributed by atoms with Gasteiger partial charge in [-0.3, -0.25) is 19.1 Å². The number of hydrogen-bond donors (Lipinski definition) is 3. The van der Waals surface area contributed by atoms with Gasteiger partial charge >= 0.3 is 6.09 Å². The molecular weight excluding hydrogens is 767 g/mol. The Balaban J connectivity index is 1.04. The van der Waals surface area contributed by atoms with Gasteiger partial charge in [0, 0.05) is 29.4 Å². The summed E-state index contributed by atoms with van der Waals surface area (Å²) in [6, 6.07) is 8.94. The van der Waals surface area contributed by atoms with Gasteiger partial charge in [0.05, 0.1) is 35.5 Å². The molecule has 0 unspecified atom stereocenters. The van der Waals surface area contributed by atoms with Crippen LogP contribution >= 0.6 is 0 Å². The molecule has 5 atom stereocenters. The summed E-state index contributed by atoms with van der Waals surface area (Å²) in [6.45, 7) is -0.0307. The molecule has 3 aliphatic carbocycles. The first kappa shape index (κ1) is 38.1. The number of alkyl carbamates (subject to hydrolysis) is 1. The smallest absolute Gasteiger partial charge is 0.408 e. The topological polar surface area (TPSA) is 204 Å². The lowest BCUT2D eigenvalue weighted by Gasteiger charge is -2.30. The van der Waals surface area contributed by atoms with Gasteiger partial charge in [-0.15, -0.1) is 0 Å². The summed E-state index contributed by atoms with van der Waals surface area (Å²) in [7, 11) is -3.91. The SMILES string of the molecule is O=C(N[C@H]1CCCCC/C=C\[C@@H]2C[C@@]2(C(=O)NS(=O)(=O)C2CC2)NC(=O)[C@@H]2C[C@@H](Oc3cc(-c4ccoc4)nc4c5ccccc5nn34)CN2C1=O)OC1CCCC1. The summed E-state index contributed by atoms with van der Waals surface area (Å²) in [6.07, 6.45) is 13.2. The van der Waals surface area contributed by atoms with Gasteiger partial charge in [0.2, 0.25) is 27.7 Å². The van der Waals surface area contributed by atoms with Gasteiger partial charge in [-0.25, -0.2) is 18.2 Å². The van der Waals surface area contributed by atoms with Crippen LogP contribution in [0.2, 0.25) is 0 Å². The molecule has 1 saturated heterocycles. The molecule has 9 rings (SSSR count). The van der Waals surface area contributed by atoms with E-state index in [0.717, 1.165) is 43.9 Å². The van der Waals surface area contributed by atoms with Gasteiger partial charge < -0.3 is 29.4 Å². The van der Waals surface area contributed by atoms with Gasteiger partial charge in [-0.1, -0.05) is 37.1 Å². The number of furan rings is 1. The van der Waals surface area contributed by atoms with Crippen LogP contribution in [-0.4, -0.2) is 93.4 Å². The van der Waals surface area contributed by atoms with Crippen molar-refractivity contribution < 1.29 is 41.5 Å². The van der Waals surface area contributed by atoms with Gasteiger partial charge in [-0.2, -0.15) is 9.61 Å². The maximum absolute atomic E-state index is 14.7. The Morgan fingerprint density at radius 3 is 2.59 bits per heavy atom. The van der Waals surface area contributed by atoms with Crippen LogP contribution in [0.25, 0.3) is 27.8 Å². The average Bonchev–Trinajstić information content (AvgIpc) is 3.81. The van der Waals surface area contributed by atoms with E-state index in [1.807, 2.05) is 36.4 Å². The highest BCUT2D eigenvalue weighted by atomic mass is 32.2. The van der Waals surface area contributed by atoms with Crippen LogP contribution in [0.15, 0.2) is 65.5 Å². The molecule has 16 nitrogen and oxygen atoms in total. The van der Waals surface area contributed by atoms with Crippen molar-refractivity contribution in [3.05, 3.63) is 61.1 Å². The maximum atomic E-state index is 14.7. The van der Waals surface area contributed by atoms with Crippen molar-refractivity contribution in [2.75, 3.05) is 6.54 Å². The monoisotopic (exact) mass is 813 g/mol. The molecule has 0 spiro atoms. The predicted molar refractivity (Wildman–Crippen MR) is 210 cm³/mol. The largest absolute Gasteiger partial charge is 0.472 e. The molecule has 0 radical (unpaired) electrons. The first-order valence-corrected chi connectivity index (χ1v) is 21.9. The fourth-order valence-corrected chi connectivity index (χ4v) is 9.96. The van der Waals surface area contributed by atoms with Crippen LogP contribution in [0.3, 0.4) is 0 Å². The third kappa shape index (κ3) is 7.63. The van der Waals surface area contributed by atoms with Crippen LogP contribution in [0.1, 0.15) is 83.5 Å². The summed E-state index contributed by atoms with van der Waals surface area (Å²) in [5.74, 6) is -2.01. The van der Waals surface area contributed by atoms with E-state index >= 15 is 0 Å². The highest BCUT2D eigenvalue weighted by molar-refractivity contribution is 7.91. The fraction of sp³-hybridized carbons (Fsp3) is 0.512. The zero-order valence-electron chi connectivity index (χ0n) is 32.0. The number of ether oxygens (including phenoxy) is 2. The number of nitrogens with one attached hydrogen (secondary N) is 3. The van der Waals surface area contributed by atoms with Crippen LogP contribution in [0.4, 0.5) is 4.79 Å². The number of carbonyl (C=O) groups is 4. The molecule has 1 aromatic carbocycles. The molecule has 3 aromatic heterocycles. The average molecular weight is 814 g/mol. The molecule has 5 aliphatic rings. The van der Waals surface area contributed by atoms with Gasteiger partial charge in [0.1, 0.15) is 29.8 Å². The quantitative estimate of drug-likeness (QED) is 0.211. The lowest BCUT2D eigenvalue weighted by atomic mass is 10.0. The van der Waals surface area contributed by atoms with Crippen LogP contribution < -0.4 is 20.1 Å². The lowest BCUT2D eigenvalue weighted by Crippen LogP contribution is -2.58. The third-order valence-corrected chi connectivity index (χ3v) is 13.9. The van der Waals surface area contributed by atoms with E-state index in [4.69, 9.17) is 24.0 Å². The van der Waals surface area contributed by atoms with Crippen molar-refractivity contribution >= 4 is 50.4 Å². The number of rotatable bonds is 8. The van der Waals surface area contributed by atoms with Crippen molar-refractivity contribution in [3.8, 4) is 17.1 Å². The fourth-order valence-electron chi connectivity index (χ4n) is 8.60. The molecule has 5 heterocycles. The molecular formula is C41H47N7O9S. The second-order valence-corrected chi connectivity index (χ2v) is 18.2. The van der Waals surface area contributed by atoms with Gasteiger partial charge in [0.25, 0.3) is 5.91 Å². The molecule has 0 bridgehead atoms. The number of sulfonamides is 1. The molecule has 3 N–H and O–H groups in total. The Labute approximate surface area is 335 Å². The van der Waals surface area contributed by atoms with Crippen LogP contribution in [-0.2, 0) is 29.1 Å². The van der Waals surface area contributed by atoms with E-state index in [9.17, 15) is 27.6 Å². The van der Waals surface area contributed by atoms with Gasteiger partial charge in [-0.05, 0) is 82.4 Å². The molecule has 58 heavy (non-hydrogen) atoms. The maximum Gasteiger partial charge on any atom is 0.408 e. The summed E-state index contributed by atoms with van der Waals surface area (Å²) < 4.78 is 47.4. The normalized spacial score (nSPS) is 27.6. The molecule has 4 fully saturated rings. The number of aromatic nitrogens is 3. The van der Waals surface area contributed by atoms with Crippen molar-refractivity contribution in [2.45, 2.75) is 119 Å². The predicted octanol–water partition coefficient (Wildman–Crippen LogP) is 4.53. The number of amides is 4. The summed E-state index contributed by atoms with van der Waals surface area (Å²) in [5.41, 5.74) is 0.993. The van der Waals surface area contributed by atoms with E-state index < -0.39 is 68.7 Å². The Hall–Kier alpha value is -5.45. The van der Waals surface area contributed by atoms with E-state index in [0.29, 0.717) is 60.4 Å². The molecule has 2 aliphatic heterocycles. The third-order valence-electron chi connectivity index (χ3n) is 12.1. The van der Waals surface area contributed by atoms with E-state index in [2.05, 4.69) is 15.4 Å². The Morgan fingerprint density at radius 1 is 0.983 bits per heavy atom. The number of benzene rings is 1. The van der Waals surface area contributed by atoms with E-state index in [1.165, 1.54) is 4.90 Å². The second-order valence-electron chi connectivity index (χ2n) is 16.2. The minimum absolute atomic E-state index is 0.0288. The van der Waals surface area contributed by atoms with E-state index in [1.54, 1.807) is 29.2 Å². The minimum Gasteiger partial charge on any atom is -0.472 e. The van der Waals surface area contributed by atoms with Gasteiger partial charge in [0.15, 0.2) is 5.65 Å². The summed E-state index contributed by atoms with van der Waals surface area (Å²) in [4.78, 5) is 62.6. The van der Waals surface area contributed by atoms with Crippen molar-refractivity contribution in [2.24, 2.45) is 5.92 Å². The number of hydrogen-bond acceptors (Lipinski definition) is 11. The van der Waals surface area contributed by atoms with Crippen LogP contribution in [0, 0.1) is 5.92 Å². The first-order chi connectivity index (χ1) is 28.1. The zero-order valence-corrected chi connectivity index (χ0v) is 32.8. The number of nitrogens with zero attached hydrogens (tertiary/aromatic N) is 4. The minimum atomic E-state index is -3.91. The summed E-state index contributed by atoms with van der Waals surface area (Å²) in [5, 5.41) is 10.7. The molecule has 4 aromatic rings. The van der Waals surface area contributed by atoms with Crippen molar-refractivity contribution in [3.63, 3.8) is 0 Å². The highest BCUT2D eigenvalue weighted by Gasteiger charge is 2.62. The standard InChI is InChI=1S/C41H47N7O9S/c49-37-34-20-28(56-35-21-33(25-18-19-55-24-25)42-36-30-13-8-9-14-31(30)45-48(35)36)23-47(34)38(50)32(43-40(52)57-27-11-6-7-12-27)15-5-3-1-2-4-10-26-22-41(26,44-37)39(51)46-58(53,54)29-16-17-29/h4,8-10,13-14,18-19,21,24,26-29,32,34H,1-3,5-7,11-12,15-17,20,22-23H2,(H,43,52)(H,44,49)(H,46,51)/b10-4-/t26-,28-,32+,34+,41-/m1/s1. The van der Waals surface area contributed by atoms with E-state index in [-0.39, 0.29) is 25.5 Å². The Kier molecular flexibility index (Phi) is 10.1. The molecule has 4 amide bonds. The zero-order chi connectivity index (χ0) is 40.0. The molecule has 17 heteroatoms. The highest BCUT2D eigenvalue weighted by Crippen LogP contribution is 2.46. The number of carbonyl (C=O) groups excluding carboxylic acids is 4. The first-order valence-electron chi connectivity index (χ1n) is 20.4. The Morgan fingerprint density at radius 2 is 1.79 bits per heavy atom. The second kappa shape index (κ2) is 15.4. The van der Waals surface area contributed by atoms with Crippen molar-refractivity contribution in [1.82, 2.24) is 34.9 Å². The van der Waals surface area contributed by atoms with Crippen LogP contribution in [0.5, 0.6) is 5.88 Å². The number of fused-ring (bicyclic) bond motifs is 5. The molecule has 306 valence electrons. The summed E-state index contributed by atoms with van der Waals surface area (Å²) >= 11 is 0.